The minimum Gasteiger partial charge on any atom is -0.305 e. The Morgan fingerprint density at radius 1 is 1.05 bits per heavy atom. The van der Waals surface area contributed by atoms with E-state index in [0.717, 1.165) is 18.3 Å². The lowest BCUT2D eigenvalue weighted by Crippen LogP contribution is -2.30. The minimum atomic E-state index is -4.58. The summed E-state index contributed by atoms with van der Waals surface area (Å²) in [4.78, 5) is 11.8. The molecule has 0 aliphatic rings. The lowest BCUT2D eigenvalue weighted by atomic mass is 10.4. The zero-order valence-electron chi connectivity index (χ0n) is 11.0. The maximum absolute atomic E-state index is 12.4. The van der Waals surface area contributed by atoms with Gasteiger partial charge in [0, 0.05) is 6.20 Å². The van der Waals surface area contributed by atoms with Crippen molar-refractivity contribution in [1.82, 2.24) is 4.57 Å². The number of pyridine rings is 1. The molecule has 22 heavy (non-hydrogen) atoms. The van der Waals surface area contributed by atoms with Crippen LogP contribution in [-0.4, -0.2) is 19.2 Å². The first-order valence-corrected chi connectivity index (χ1v) is 7.51. The third-order valence-corrected chi connectivity index (χ3v) is 4.05. The third kappa shape index (κ3) is 3.88. The van der Waals surface area contributed by atoms with Gasteiger partial charge in [0.15, 0.2) is 0 Å². The van der Waals surface area contributed by atoms with Crippen LogP contribution in [0.3, 0.4) is 0 Å². The van der Waals surface area contributed by atoms with E-state index < -0.39 is 34.0 Å². The minimum absolute atomic E-state index is 0.0966. The zero-order chi connectivity index (χ0) is 16.4. The maximum Gasteiger partial charge on any atom is 0.406 e. The van der Waals surface area contributed by atoms with Gasteiger partial charge in [-0.25, -0.2) is 8.42 Å². The van der Waals surface area contributed by atoms with Gasteiger partial charge in [0.2, 0.25) is 0 Å². The monoisotopic (exact) mass is 332 g/mol. The van der Waals surface area contributed by atoms with Gasteiger partial charge in [-0.05, 0) is 24.3 Å². The van der Waals surface area contributed by atoms with Crippen LogP contribution in [0, 0.1) is 0 Å². The van der Waals surface area contributed by atoms with Gasteiger partial charge in [-0.3, -0.25) is 9.52 Å². The second kappa shape index (κ2) is 5.84. The largest absolute Gasteiger partial charge is 0.406 e. The molecule has 2 rings (SSSR count). The van der Waals surface area contributed by atoms with E-state index in [1.54, 1.807) is 6.07 Å². The van der Waals surface area contributed by atoms with E-state index >= 15 is 0 Å². The second-order valence-corrected chi connectivity index (χ2v) is 6.07. The number of hydrogen-bond donors (Lipinski definition) is 1. The van der Waals surface area contributed by atoms with E-state index in [4.69, 9.17) is 0 Å². The summed E-state index contributed by atoms with van der Waals surface area (Å²) in [7, 11) is -4.04. The number of aromatic nitrogens is 1. The summed E-state index contributed by atoms with van der Waals surface area (Å²) < 4.78 is 63.6. The fourth-order valence-electron chi connectivity index (χ4n) is 1.74. The van der Waals surface area contributed by atoms with Crippen molar-refractivity contribution in [1.29, 1.82) is 0 Å². The number of alkyl halides is 3. The van der Waals surface area contributed by atoms with Gasteiger partial charge >= 0.3 is 6.18 Å². The highest BCUT2D eigenvalue weighted by Crippen LogP contribution is 2.17. The van der Waals surface area contributed by atoms with Crippen LogP contribution in [0.15, 0.2) is 58.4 Å². The van der Waals surface area contributed by atoms with Gasteiger partial charge < -0.3 is 4.57 Å². The molecule has 1 aromatic carbocycles. The predicted molar refractivity (Wildman–Crippen MR) is 74.0 cm³/mol. The van der Waals surface area contributed by atoms with Gasteiger partial charge in [0.1, 0.15) is 12.2 Å². The van der Waals surface area contributed by atoms with E-state index in [1.807, 2.05) is 4.72 Å². The molecule has 9 heteroatoms. The van der Waals surface area contributed by atoms with Gasteiger partial charge in [-0.1, -0.05) is 18.2 Å². The lowest BCUT2D eigenvalue weighted by Gasteiger charge is -2.12. The summed E-state index contributed by atoms with van der Waals surface area (Å²) in [5.41, 5.74) is -1.52. The summed E-state index contributed by atoms with van der Waals surface area (Å²) in [5, 5.41) is 0. The van der Waals surface area contributed by atoms with Crippen LogP contribution in [0.5, 0.6) is 0 Å². The van der Waals surface area contributed by atoms with E-state index in [1.165, 1.54) is 24.3 Å². The molecule has 118 valence electrons. The molecule has 1 aromatic heterocycles. The molecule has 0 radical (unpaired) electrons. The second-order valence-electron chi connectivity index (χ2n) is 4.39. The molecule has 0 spiro atoms. The highest BCUT2D eigenvalue weighted by atomic mass is 32.2. The number of sulfonamides is 1. The number of nitrogens with zero attached hydrogens (tertiary/aromatic N) is 1. The molecule has 2 aromatic rings. The van der Waals surface area contributed by atoms with Crippen molar-refractivity contribution in [3.63, 3.8) is 0 Å². The molecular formula is C13H11F3N2O3S. The van der Waals surface area contributed by atoms with Gasteiger partial charge in [-0.2, -0.15) is 13.2 Å². The Balaban J connectivity index is 2.35. The van der Waals surface area contributed by atoms with Gasteiger partial charge in [-0.15, -0.1) is 0 Å². The first kappa shape index (κ1) is 16.1. The lowest BCUT2D eigenvalue weighted by molar-refractivity contribution is -0.141. The summed E-state index contributed by atoms with van der Waals surface area (Å²) >= 11 is 0. The van der Waals surface area contributed by atoms with Crippen LogP contribution in [-0.2, 0) is 16.6 Å². The smallest absolute Gasteiger partial charge is 0.305 e. The summed E-state index contributed by atoms with van der Waals surface area (Å²) in [6, 6.07) is 9.46. The SMILES string of the molecule is O=c1c(NS(=O)(=O)c2ccccc2)cccn1CC(F)(F)F. The summed E-state index contributed by atoms with van der Waals surface area (Å²) in [6.07, 6.45) is -3.64. The van der Waals surface area contributed by atoms with Gasteiger partial charge in [0.25, 0.3) is 15.6 Å². The molecular weight excluding hydrogens is 321 g/mol. The molecule has 0 aliphatic heterocycles. The third-order valence-electron chi connectivity index (χ3n) is 2.67. The van der Waals surface area contributed by atoms with Crippen LogP contribution in [0.1, 0.15) is 0 Å². The predicted octanol–water partition coefficient (Wildman–Crippen LogP) is 2.21. The Kier molecular flexibility index (Phi) is 4.27. The van der Waals surface area contributed by atoms with Crippen LogP contribution >= 0.6 is 0 Å². The van der Waals surface area contributed by atoms with Crippen molar-refractivity contribution in [3.05, 3.63) is 59.0 Å². The fourth-order valence-corrected chi connectivity index (χ4v) is 2.81. The molecule has 1 heterocycles. The number of rotatable bonds is 4. The van der Waals surface area contributed by atoms with Crippen molar-refractivity contribution < 1.29 is 21.6 Å². The summed E-state index contributed by atoms with van der Waals surface area (Å²) in [6.45, 7) is -1.49. The van der Waals surface area contributed by atoms with E-state index in [0.29, 0.717) is 4.57 Å². The average molecular weight is 332 g/mol. The van der Waals surface area contributed by atoms with Crippen LogP contribution in [0.2, 0.25) is 0 Å². The number of nitrogens with one attached hydrogen (secondary N) is 1. The van der Waals surface area contributed by atoms with Crippen LogP contribution in [0.25, 0.3) is 0 Å². The molecule has 1 N–H and O–H groups in total. The molecule has 0 saturated carbocycles. The van der Waals surface area contributed by atoms with E-state index in [9.17, 15) is 26.4 Å². The Labute approximate surface area is 124 Å². The van der Waals surface area contributed by atoms with E-state index in [2.05, 4.69) is 0 Å². The molecule has 0 bridgehead atoms. The van der Waals surface area contributed by atoms with Gasteiger partial charge in [0.05, 0.1) is 4.90 Å². The van der Waals surface area contributed by atoms with Crippen LogP contribution in [0.4, 0.5) is 18.9 Å². The normalized spacial score (nSPS) is 12.1. The highest BCUT2D eigenvalue weighted by Gasteiger charge is 2.28. The Morgan fingerprint density at radius 3 is 2.27 bits per heavy atom. The highest BCUT2D eigenvalue weighted by molar-refractivity contribution is 7.92. The first-order valence-electron chi connectivity index (χ1n) is 6.03. The fraction of sp³-hybridized carbons (Fsp3) is 0.154. The average Bonchev–Trinajstić information content (AvgIpc) is 2.43. The molecule has 0 unspecified atom stereocenters. The molecule has 0 amide bonds. The zero-order valence-corrected chi connectivity index (χ0v) is 11.9. The summed E-state index contributed by atoms with van der Waals surface area (Å²) in [5.74, 6) is 0. The van der Waals surface area contributed by atoms with Crippen molar-refractivity contribution >= 4 is 15.7 Å². The molecule has 0 atom stereocenters. The van der Waals surface area contributed by atoms with Crippen molar-refractivity contribution in [2.45, 2.75) is 17.6 Å². The Morgan fingerprint density at radius 2 is 1.68 bits per heavy atom. The molecule has 0 aliphatic carbocycles. The Bertz CT molecular complexity index is 814. The topological polar surface area (TPSA) is 68.2 Å². The Hall–Kier alpha value is -2.29. The number of halogens is 3. The maximum atomic E-state index is 12.4. The number of hydrogen-bond acceptors (Lipinski definition) is 3. The van der Waals surface area contributed by atoms with Crippen molar-refractivity contribution in [2.75, 3.05) is 4.72 Å². The molecule has 0 saturated heterocycles. The van der Waals surface area contributed by atoms with Crippen LogP contribution < -0.4 is 10.3 Å². The number of anilines is 1. The number of benzene rings is 1. The van der Waals surface area contributed by atoms with Crippen molar-refractivity contribution in [2.24, 2.45) is 0 Å². The molecule has 0 fully saturated rings. The molecule has 5 nitrogen and oxygen atoms in total. The quantitative estimate of drug-likeness (QED) is 0.933. The van der Waals surface area contributed by atoms with Crippen molar-refractivity contribution in [3.8, 4) is 0 Å². The van der Waals surface area contributed by atoms with E-state index in [-0.39, 0.29) is 4.90 Å². The standard InChI is InChI=1S/C13H11F3N2O3S/c14-13(15,16)9-18-8-4-7-11(12(18)19)17-22(20,21)10-5-2-1-3-6-10/h1-8,17H,9H2. The first-order chi connectivity index (χ1) is 10.2.